The Bertz CT molecular complexity index is 635. The highest BCUT2D eigenvalue weighted by atomic mass is 35.5. The second kappa shape index (κ2) is 4.35. The van der Waals surface area contributed by atoms with E-state index in [9.17, 15) is 0 Å². The normalized spacial score (nSPS) is 10.9. The molecule has 0 fully saturated rings. The lowest BCUT2D eigenvalue weighted by molar-refractivity contribution is 0.517. The number of hydrogen-bond acceptors (Lipinski definition) is 5. The number of aromatic nitrogens is 2. The zero-order valence-corrected chi connectivity index (χ0v) is 10.3. The van der Waals surface area contributed by atoms with Gasteiger partial charge in [0.1, 0.15) is 15.7 Å². The summed E-state index contributed by atoms with van der Waals surface area (Å²) in [5.41, 5.74) is 0. The van der Waals surface area contributed by atoms with Crippen LogP contribution < -0.4 is 5.32 Å². The van der Waals surface area contributed by atoms with Gasteiger partial charge in [0.15, 0.2) is 0 Å². The van der Waals surface area contributed by atoms with E-state index in [1.54, 1.807) is 6.26 Å². The van der Waals surface area contributed by atoms with Crippen LogP contribution >= 0.6 is 22.9 Å². The molecule has 0 radical (unpaired) electrons. The van der Waals surface area contributed by atoms with Crippen LogP contribution in [0.25, 0.3) is 10.2 Å². The number of rotatable bonds is 3. The first-order chi connectivity index (χ1) is 8.33. The molecule has 3 aromatic rings. The molecular formula is C11H8ClN3OS. The fourth-order valence-corrected chi connectivity index (χ4v) is 2.53. The Balaban J connectivity index is 1.85. The van der Waals surface area contributed by atoms with E-state index >= 15 is 0 Å². The molecule has 6 heteroatoms. The van der Waals surface area contributed by atoms with Gasteiger partial charge in [0, 0.05) is 5.39 Å². The van der Waals surface area contributed by atoms with Gasteiger partial charge in [-0.25, -0.2) is 9.97 Å². The maximum Gasteiger partial charge on any atom is 0.225 e. The zero-order valence-electron chi connectivity index (χ0n) is 8.68. The molecule has 17 heavy (non-hydrogen) atoms. The van der Waals surface area contributed by atoms with E-state index in [0.717, 1.165) is 16.0 Å². The van der Waals surface area contributed by atoms with Gasteiger partial charge in [-0.3, -0.25) is 0 Å². The molecule has 0 bridgehead atoms. The minimum Gasteiger partial charge on any atom is -0.467 e. The summed E-state index contributed by atoms with van der Waals surface area (Å²) >= 11 is 7.60. The number of hydrogen-bond donors (Lipinski definition) is 1. The van der Waals surface area contributed by atoms with Crippen LogP contribution in [0.4, 0.5) is 5.95 Å². The molecule has 0 aromatic carbocycles. The molecule has 0 saturated carbocycles. The molecule has 0 atom stereocenters. The second-order valence-corrected chi connectivity index (χ2v) is 4.66. The molecule has 0 saturated heterocycles. The van der Waals surface area contributed by atoms with Crippen molar-refractivity contribution < 1.29 is 4.42 Å². The molecule has 0 aliphatic rings. The second-order valence-electron chi connectivity index (χ2n) is 3.41. The van der Waals surface area contributed by atoms with Crippen LogP contribution in [-0.2, 0) is 6.54 Å². The number of furan rings is 1. The smallest absolute Gasteiger partial charge is 0.225 e. The lowest BCUT2D eigenvalue weighted by Gasteiger charge is -2.03. The molecule has 3 aromatic heterocycles. The van der Waals surface area contributed by atoms with Gasteiger partial charge in [-0.1, -0.05) is 11.6 Å². The highest BCUT2D eigenvalue weighted by Gasteiger charge is 2.06. The standard InChI is InChI=1S/C11H8ClN3OS/c12-9-8-3-5-17-10(8)15-11(14-9)13-6-7-2-1-4-16-7/h1-5H,6H2,(H,13,14,15). The molecule has 1 N–H and O–H groups in total. The molecule has 0 aliphatic heterocycles. The summed E-state index contributed by atoms with van der Waals surface area (Å²) in [6.07, 6.45) is 1.63. The van der Waals surface area contributed by atoms with Gasteiger partial charge in [0.05, 0.1) is 12.8 Å². The van der Waals surface area contributed by atoms with Gasteiger partial charge in [0.25, 0.3) is 0 Å². The van der Waals surface area contributed by atoms with Gasteiger partial charge in [-0.2, -0.15) is 0 Å². The molecule has 0 amide bonds. The number of nitrogens with zero attached hydrogens (tertiary/aromatic N) is 2. The predicted octanol–water partition coefficient (Wildman–Crippen LogP) is 3.55. The minimum absolute atomic E-state index is 0.471. The first-order valence-corrected chi connectivity index (χ1v) is 6.26. The highest BCUT2D eigenvalue weighted by molar-refractivity contribution is 7.16. The number of anilines is 1. The molecule has 86 valence electrons. The van der Waals surface area contributed by atoms with E-state index in [4.69, 9.17) is 16.0 Å². The first kappa shape index (κ1) is 10.6. The number of fused-ring (bicyclic) bond motifs is 1. The Kier molecular flexibility index (Phi) is 2.70. The van der Waals surface area contributed by atoms with E-state index in [1.165, 1.54) is 11.3 Å². The van der Waals surface area contributed by atoms with Crippen molar-refractivity contribution in [3.05, 3.63) is 40.8 Å². The fraction of sp³-hybridized carbons (Fsp3) is 0.0909. The Morgan fingerprint density at radius 3 is 3.12 bits per heavy atom. The van der Waals surface area contributed by atoms with Crippen molar-refractivity contribution in [1.29, 1.82) is 0 Å². The summed E-state index contributed by atoms with van der Waals surface area (Å²) in [5, 5.41) is 6.38. The van der Waals surface area contributed by atoms with Crippen LogP contribution in [0, 0.1) is 0 Å². The Hall–Kier alpha value is -1.59. The van der Waals surface area contributed by atoms with Crippen LogP contribution in [-0.4, -0.2) is 9.97 Å². The monoisotopic (exact) mass is 265 g/mol. The summed E-state index contributed by atoms with van der Waals surface area (Å²) in [6, 6.07) is 5.64. The van der Waals surface area contributed by atoms with Crippen LogP contribution in [0.5, 0.6) is 0 Å². The third-order valence-electron chi connectivity index (χ3n) is 2.28. The molecule has 3 rings (SSSR count). The third kappa shape index (κ3) is 2.11. The Morgan fingerprint density at radius 2 is 2.29 bits per heavy atom. The van der Waals surface area contributed by atoms with Crippen molar-refractivity contribution in [3.8, 4) is 0 Å². The van der Waals surface area contributed by atoms with Crippen molar-refractivity contribution in [2.45, 2.75) is 6.54 Å². The lowest BCUT2D eigenvalue weighted by atomic mass is 10.4. The average Bonchev–Trinajstić information content (AvgIpc) is 2.97. The van der Waals surface area contributed by atoms with Crippen LogP contribution in [0.2, 0.25) is 5.15 Å². The SMILES string of the molecule is Clc1nc(NCc2ccco2)nc2sccc12. The predicted molar refractivity (Wildman–Crippen MR) is 68.5 cm³/mol. The number of halogens is 1. The molecule has 4 nitrogen and oxygen atoms in total. The zero-order chi connectivity index (χ0) is 11.7. The van der Waals surface area contributed by atoms with E-state index in [2.05, 4.69) is 15.3 Å². The average molecular weight is 266 g/mol. The summed E-state index contributed by atoms with van der Waals surface area (Å²) in [7, 11) is 0. The summed E-state index contributed by atoms with van der Waals surface area (Å²) in [5.74, 6) is 1.34. The summed E-state index contributed by atoms with van der Waals surface area (Å²) < 4.78 is 5.21. The minimum atomic E-state index is 0.471. The quantitative estimate of drug-likeness (QED) is 0.736. The summed E-state index contributed by atoms with van der Waals surface area (Å²) in [6.45, 7) is 0.542. The van der Waals surface area contributed by atoms with Crippen molar-refractivity contribution >= 4 is 39.1 Å². The van der Waals surface area contributed by atoms with Gasteiger partial charge in [-0.15, -0.1) is 11.3 Å². The molecule has 3 heterocycles. The Morgan fingerprint density at radius 1 is 1.35 bits per heavy atom. The topological polar surface area (TPSA) is 51.0 Å². The van der Waals surface area contributed by atoms with Gasteiger partial charge >= 0.3 is 0 Å². The van der Waals surface area contributed by atoms with Crippen LogP contribution in [0.1, 0.15) is 5.76 Å². The molecule has 0 unspecified atom stereocenters. The van der Waals surface area contributed by atoms with Crippen LogP contribution in [0.3, 0.4) is 0 Å². The lowest BCUT2D eigenvalue weighted by Crippen LogP contribution is -2.02. The van der Waals surface area contributed by atoms with E-state index < -0.39 is 0 Å². The van der Waals surface area contributed by atoms with Crippen molar-refractivity contribution in [2.75, 3.05) is 5.32 Å². The number of thiophene rings is 1. The largest absolute Gasteiger partial charge is 0.467 e. The van der Waals surface area contributed by atoms with Gasteiger partial charge in [0.2, 0.25) is 5.95 Å². The molecule has 0 spiro atoms. The van der Waals surface area contributed by atoms with Crippen molar-refractivity contribution in [1.82, 2.24) is 9.97 Å². The summed E-state index contributed by atoms with van der Waals surface area (Å²) in [4.78, 5) is 9.43. The van der Waals surface area contributed by atoms with Crippen LogP contribution in [0.15, 0.2) is 34.3 Å². The van der Waals surface area contributed by atoms with Crippen molar-refractivity contribution in [3.63, 3.8) is 0 Å². The number of nitrogens with one attached hydrogen (secondary N) is 1. The first-order valence-electron chi connectivity index (χ1n) is 5.00. The van der Waals surface area contributed by atoms with Gasteiger partial charge < -0.3 is 9.73 Å². The highest BCUT2D eigenvalue weighted by Crippen LogP contribution is 2.26. The van der Waals surface area contributed by atoms with E-state index in [1.807, 2.05) is 23.6 Å². The molecular weight excluding hydrogens is 258 g/mol. The fourth-order valence-electron chi connectivity index (χ4n) is 1.48. The maximum absolute atomic E-state index is 6.06. The van der Waals surface area contributed by atoms with Gasteiger partial charge in [-0.05, 0) is 23.6 Å². The van der Waals surface area contributed by atoms with Crippen molar-refractivity contribution in [2.24, 2.45) is 0 Å². The maximum atomic E-state index is 6.06. The van der Waals surface area contributed by atoms with E-state index in [-0.39, 0.29) is 0 Å². The third-order valence-corrected chi connectivity index (χ3v) is 3.37. The molecule has 0 aliphatic carbocycles. The van der Waals surface area contributed by atoms with E-state index in [0.29, 0.717) is 17.6 Å². The Labute approximate surface area is 106 Å².